The molecule has 0 bridgehead atoms. The van der Waals surface area contributed by atoms with Gasteiger partial charge in [0.2, 0.25) is 0 Å². The molecule has 1 fully saturated rings. The fourth-order valence-electron chi connectivity index (χ4n) is 2.05. The molecule has 20 heavy (non-hydrogen) atoms. The zero-order valence-electron chi connectivity index (χ0n) is 11.3. The average molecular weight is 299 g/mol. The van der Waals surface area contributed by atoms with Crippen LogP contribution in [0, 0.1) is 0 Å². The molecule has 1 unspecified atom stereocenters. The maximum Gasteiger partial charge on any atom is 0.338 e. The summed E-state index contributed by atoms with van der Waals surface area (Å²) < 4.78 is 10.6. The Morgan fingerprint density at radius 2 is 1.90 bits per heavy atom. The standard InChI is InChI=1S/C15H19ClO4/c16-12-5-7-13(8-6-12)19-10-4-2-1-3-9-15(11-20-15)14(17)18/h5-8H,1-4,9-11H2,(H,17,18). The summed E-state index contributed by atoms with van der Waals surface area (Å²) in [7, 11) is 0. The van der Waals surface area contributed by atoms with E-state index in [1.807, 2.05) is 12.1 Å². The Balaban J connectivity index is 1.50. The number of aliphatic carboxylic acids is 1. The van der Waals surface area contributed by atoms with Gasteiger partial charge in [-0.15, -0.1) is 0 Å². The Bertz CT molecular complexity index is 440. The maximum absolute atomic E-state index is 10.9. The minimum Gasteiger partial charge on any atom is -0.494 e. The molecule has 0 saturated carbocycles. The van der Waals surface area contributed by atoms with Crippen LogP contribution in [-0.4, -0.2) is 29.9 Å². The highest BCUT2D eigenvalue weighted by Gasteiger charge is 2.51. The van der Waals surface area contributed by atoms with Gasteiger partial charge in [-0.1, -0.05) is 24.4 Å². The van der Waals surface area contributed by atoms with E-state index in [-0.39, 0.29) is 0 Å². The molecule has 4 nitrogen and oxygen atoms in total. The zero-order valence-corrected chi connectivity index (χ0v) is 12.1. The van der Waals surface area contributed by atoms with E-state index in [1.54, 1.807) is 12.1 Å². The van der Waals surface area contributed by atoms with Crippen molar-refractivity contribution in [3.05, 3.63) is 29.3 Å². The number of carboxylic acids is 1. The predicted octanol–water partition coefficient (Wildman–Crippen LogP) is 3.52. The topological polar surface area (TPSA) is 59.1 Å². The molecule has 5 heteroatoms. The van der Waals surface area contributed by atoms with Gasteiger partial charge in [0, 0.05) is 5.02 Å². The lowest BCUT2D eigenvalue weighted by atomic mass is 10.0. The summed E-state index contributed by atoms with van der Waals surface area (Å²) in [4.78, 5) is 10.9. The molecule has 0 aliphatic carbocycles. The lowest BCUT2D eigenvalue weighted by Gasteiger charge is -2.07. The van der Waals surface area contributed by atoms with Gasteiger partial charge in [0.1, 0.15) is 5.75 Å². The van der Waals surface area contributed by atoms with Crippen molar-refractivity contribution in [1.82, 2.24) is 0 Å². The molecule has 1 aliphatic rings. The predicted molar refractivity (Wildman–Crippen MR) is 76.4 cm³/mol. The van der Waals surface area contributed by atoms with Gasteiger partial charge in [0.15, 0.2) is 5.60 Å². The van der Waals surface area contributed by atoms with E-state index >= 15 is 0 Å². The number of carboxylic acid groups (broad SMARTS) is 1. The normalized spacial score (nSPS) is 20.6. The number of hydrogen-bond acceptors (Lipinski definition) is 3. The summed E-state index contributed by atoms with van der Waals surface area (Å²) in [5.74, 6) is -0.00539. The second-order valence-electron chi connectivity index (χ2n) is 5.05. The Morgan fingerprint density at radius 3 is 2.50 bits per heavy atom. The highest BCUT2D eigenvalue weighted by atomic mass is 35.5. The Kier molecular flexibility index (Phi) is 5.26. The van der Waals surface area contributed by atoms with Crippen molar-refractivity contribution < 1.29 is 19.4 Å². The van der Waals surface area contributed by atoms with Crippen LogP contribution in [0.15, 0.2) is 24.3 Å². The third-order valence-corrected chi connectivity index (χ3v) is 3.69. The van der Waals surface area contributed by atoms with E-state index < -0.39 is 11.6 Å². The number of rotatable bonds is 9. The SMILES string of the molecule is O=C(O)C1(CCCCCCOc2ccc(Cl)cc2)CO1. The van der Waals surface area contributed by atoms with Crippen LogP contribution in [0.3, 0.4) is 0 Å². The number of ether oxygens (including phenoxy) is 2. The van der Waals surface area contributed by atoms with Crippen molar-refractivity contribution in [3.8, 4) is 5.75 Å². The third kappa shape index (κ3) is 4.39. The van der Waals surface area contributed by atoms with Crippen molar-refractivity contribution in [1.29, 1.82) is 0 Å². The molecule has 1 aromatic carbocycles. The van der Waals surface area contributed by atoms with Crippen LogP contribution in [0.25, 0.3) is 0 Å². The third-order valence-electron chi connectivity index (χ3n) is 3.44. The van der Waals surface area contributed by atoms with E-state index in [9.17, 15) is 4.79 Å². The molecule has 1 aliphatic heterocycles. The van der Waals surface area contributed by atoms with Crippen molar-refractivity contribution >= 4 is 17.6 Å². The highest BCUT2D eigenvalue weighted by Crippen LogP contribution is 2.33. The lowest BCUT2D eigenvalue weighted by Crippen LogP contribution is -2.23. The lowest BCUT2D eigenvalue weighted by molar-refractivity contribution is -0.143. The van der Waals surface area contributed by atoms with E-state index in [0.717, 1.165) is 31.4 Å². The second kappa shape index (κ2) is 6.95. The first-order valence-electron chi connectivity index (χ1n) is 6.88. The van der Waals surface area contributed by atoms with E-state index in [0.29, 0.717) is 24.7 Å². The van der Waals surface area contributed by atoms with Gasteiger partial charge in [-0.05, 0) is 43.5 Å². The van der Waals surface area contributed by atoms with Gasteiger partial charge < -0.3 is 14.6 Å². The van der Waals surface area contributed by atoms with Crippen LogP contribution in [-0.2, 0) is 9.53 Å². The molecule has 2 rings (SSSR count). The molecular weight excluding hydrogens is 280 g/mol. The molecule has 0 aromatic heterocycles. The number of epoxide rings is 1. The van der Waals surface area contributed by atoms with Crippen LogP contribution in [0.4, 0.5) is 0 Å². The van der Waals surface area contributed by atoms with Gasteiger partial charge in [-0.3, -0.25) is 0 Å². The molecule has 1 aromatic rings. The Hall–Kier alpha value is -1.26. The molecule has 1 heterocycles. The monoisotopic (exact) mass is 298 g/mol. The summed E-state index contributed by atoms with van der Waals surface area (Å²) in [5.41, 5.74) is -0.861. The molecule has 1 atom stereocenters. The summed E-state index contributed by atoms with van der Waals surface area (Å²) in [6, 6.07) is 7.31. The molecule has 0 spiro atoms. The van der Waals surface area contributed by atoms with Crippen LogP contribution >= 0.6 is 11.6 Å². The first-order chi connectivity index (χ1) is 9.62. The van der Waals surface area contributed by atoms with Crippen LogP contribution in [0.2, 0.25) is 5.02 Å². The second-order valence-corrected chi connectivity index (χ2v) is 5.49. The summed E-state index contributed by atoms with van der Waals surface area (Å²) in [5, 5.41) is 9.64. The Labute approximate surface area is 123 Å². The molecular formula is C15H19ClO4. The fraction of sp³-hybridized carbons (Fsp3) is 0.533. The smallest absolute Gasteiger partial charge is 0.338 e. The minimum absolute atomic E-state index is 0.363. The summed E-state index contributed by atoms with van der Waals surface area (Å²) >= 11 is 5.79. The average Bonchev–Trinajstić information content (AvgIpc) is 3.21. The summed E-state index contributed by atoms with van der Waals surface area (Å²) in [6.07, 6.45) is 4.49. The van der Waals surface area contributed by atoms with Gasteiger partial charge in [-0.25, -0.2) is 4.79 Å². The van der Waals surface area contributed by atoms with E-state index in [2.05, 4.69) is 0 Å². The first-order valence-corrected chi connectivity index (χ1v) is 7.26. The van der Waals surface area contributed by atoms with E-state index in [4.69, 9.17) is 26.2 Å². The molecule has 0 radical (unpaired) electrons. The largest absolute Gasteiger partial charge is 0.494 e. The number of benzene rings is 1. The molecule has 110 valence electrons. The molecule has 1 saturated heterocycles. The number of carbonyl (C=O) groups is 1. The number of hydrogen-bond donors (Lipinski definition) is 1. The minimum atomic E-state index is -0.861. The van der Waals surface area contributed by atoms with Gasteiger partial charge in [0.25, 0.3) is 0 Å². The van der Waals surface area contributed by atoms with Crippen LogP contribution in [0.5, 0.6) is 5.75 Å². The number of unbranched alkanes of at least 4 members (excludes halogenated alkanes) is 3. The van der Waals surface area contributed by atoms with Crippen molar-refractivity contribution in [2.24, 2.45) is 0 Å². The van der Waals surface area contributed by atoms with Gasteiger partial charge >= 0.3 is 5.97 Å². The van der Waals surface area contributed by atoms with Crippen LogP contribution < -0.4 is 4.74 Å². The van der Waals surface area contributed by atoms with Crippen molar-refractivity contribution in [2.75, 3.05) is 13.2 Å². The van der Waals surface area contributed by atoms with Gasteiger partial charge in [-0.2, -0.15) is 0 Å². The maximum atomic E-state index is 10.9. The highest BCUT2D eigenvalue weighted by molar-refractivity contribution is 6.30. The van der Waals surface area contributed by atoms with Crippen molar-refractivity contribution in [2.45, 2.75) is 37.7 Å². The summed E-state index contributed by atoms with van der Waals surface area (Å²) in [6.45, 7) is 1.03. The quantitative estimate of drug-likeness (QED) is 0.560. The van der Waals surface area contributed by atoms with Gasteiger partial charge in [0.05, 0.1) is 13.2 Å². The van der Waals surface area contributed by atoms with Crippen LogP contribution in [0.1, 0.15) is 32.1 Å². The number of halogens is 1. The molecule has 1 N–H and O–H groups in total. The fourth-order valence-corrected chi connectivity index (χ4v) is 2.17. The molecule has 0 amide bonds. The van der Waals surface area contributed by atoms with E-state index in [1.165, 1.54) is 0 Å². The Morgan fingerprint density at radius 1 is 1.25 bits per heavy atom. The van der Waals surface area contributed by atoms with Crippen molar-refractivity contribution in [3.63, 3.8) is 0 Å². The first kappa shape index (κ1) is 15.1. The zero-order chi connectivity index (χ0) is 14.4.